The van der Waals surface area contributed by atoms with Crippen LogP contribution in [0.3, 0.4) is 0 Å². The van der Waals surface area contributed by atoms with Gasteiger partial charge in [0.1, 0.15) is 0 Å². The maximum atomic E-state index is 12.3. The van der Waals surface area contributed by atoms with Crippen LogP contribution in [0.1, 0.15) is 28.4 Å². The molecule has 1 atom stereocenters. The van der Waals surface area contributed by atoms with Crippen molar-refractivity contribution in [3.63, 3.8) is 0 Å². The van der Waals surface area contributed by atoms with Crippen molar-refractivity contribution in [2.24, 2.45) is 0 Å². The van der Waals surface area contributed by atoms with Crippen molar-refractivity contribution in [2.45, 2.75) is 26.0 Å². The van der Waals surface area contributed by atoms with E-state index in [9.17, 15) is 4.79 Å². The highest BCUT2D eigenvalue weighted by molar-refractivity contribution is 5.94. The topological polar surface area (TPSA) is 41.6 Å². The molecule has 0 unspecified atom stereocenters. The number of methoxy groups -OCH3 is 1. The lowest BCUT2D eigenvalue weighted by atomic mass is 10.1. The van der Waals surface area contributed by atoms with Gasteiger partial charge < -0.3 is 15.0 Å². The minimum absolute atomic E-state index is 0.0294. The number of hydrogen-bond donors (Lipinski definition) is 1. The molecule has 1 N–H and O–H groups in total. The van der Waals surface area contributed by atoms with Gasteiger partial charge in [-0.05, 0) is 42.7 Å². The maximum Gasteiger partial charge on any atom is 0.251 e. The molecule has 4 nitrogen and oxygen atoms in total. The Bertz CT molecular complexity index is 697. The average molecular weight is 324 g/mol. The molecule has 0 radical (unpaired) electrons. The van der Waals surface area contributed by atoms with Crippen molar-refractivity contribution in [3.8, 4) is 0 Å². The van der Waals surface area contributed by atoms with E-state index in [-0.39, 0.29) is 11.9 Å². The molecule has 0 spiro atoms. The number of para-hydroxylation sites is 1. The van der Waals surface area contributed by atoms with Gasteiger partial charge >= 0.3 is 0 Å². The van der Waals surface area contributed by atoms with E-state index in [0.29, 0.717) is 18.7 Å². The van der Waals surface area contributed by atoms with Crippen molar-refractivity contribution in [2.75, 3.05) is 25.1 Å². The number of carbonyl (C=O) groups is 1. The molecule has 4 heteroatoms. The van der Waals surface area contributed by atoms with Crippen LogP contribution in [0.15, 0.2) is 48.5 Å². The fraction of sp³-hybridized carbons (Fsp3) is 0.350. The Balaban J connectivity index is 1.56. The molecule has 0 aliphatic carbocycles. The first-order chi connectivity index (χ1) is 11.7. The van der Waals surface area contributed by atoms with Crippen LogP contribution in [0.5, 0.6) is 0 Å². The van der Waals surface area contributed by atoms with Crippen molar-refractivity contribution in [1.82, 2.24) is 5.32 Å². The van der Waals surface area contributed by atoms with Gasteiger partial charge in [0.25, 0.3) is 5.91 Å². The number of benzene rings is 2. The molecule has 2 aromatic carbocycles. The second-order valence-corrected chi connectivity index (χ2v) is 6.26. The van der Waals surface area contributed by atoms with Crippen LogP contribution in [-0.4, -0.2) is 32.1 Å². The second kappa shape index (κ2) is 7.49. The summed E-state index contributed by atoms with van der Waals surface area (Å²) in [6.45, 7) is 4.37. The molecule has 2 aromatic rings. The van der Waals surface area contributed by atoms with Crippen molar-refractivity contribution >= 4 is 11.6 Å². The van der Waals surface area contributed by atoms with Crippen LogP contribution >= 0.6 is 0 Å². The van der Waals surface area contributed by atoms with Gasteiger partial charge in [0.15, 0.2) is 0 Å². The highest BCUT2D eigenvalue weighted by Crippen LogP contribution is 2.28. The van der Waals surface area contributed by atoms with Gasteiger partial charge in [-0.1, -0.05) is 30.3 Å². The van der Waals surface area contributed by atoms with E-state index in [4.69, 9.17) is 4.74 Å². The number of anilines is 1. The third kappa shape index (κ3) is 3.60. The van der Waals surface area contributed by atoms with Crippen molar-refractivity contribution in [3.05, 3.63) is 65.2 Å². The van der Waals surface area contributed by atoms with Gasteiger partial charge in [0.2, 0.25) is 0 Å². The lowest BCUT2D eigenvalue weighted by Crippen LogP contribution is -2.41. The van der Waals surface area contributed by atoms with Gasteiger partial charge in [0.05, 0.1) is 6.61 Å². The van der Waals surface area contributed by atoms with Crippen LogP contribution in [-0.2, 0) is 17.8 Å². The smallest absolute Gasteiger partial charge is 0.251 e. The molecule has 1 aliphatic rings. The normalized spacial score (nSPS) is 14.3. The lowest BCUT2D eigenvalue weighted by Gasteiger charge is -2.27. The largest absolute Gasteiger partial charge is 0.380 e. The first-order valence-electron chi connectivity index (χ1n) is 8.39. The predicted octanol–water partition coefficient (Wildman–Crippen LogP) is 3.01. The summed E-state index contributed by atoms with van der Waals surface area (Å²) in [5, 5.41) is 3.05. The molecule has 0 fully saturated rings. The minimum atomic E-state index is -0.0294. The summed E-state index contributed by atoms with van der Waals surface area (Å²) in [6.07, 6.45) is 1.08. The van der Waals surface area contributed by atoms with Gasteiger partial charge in [-0.25, -0.2) is 0 Å². The second-order valence-electron chi connectivity index (χ2n) is 6.26. The highest BCUT2D eigenvalue weighted by Gasteiger charge is 2.23. The van der Waals surface area contributed by atoms with E-state index >= 15 is 0 Å². The lowest BCUT2D eigenvalue weighted by molar-refractivity contribution is 0.0951. The van der Waals surface area contributed by atoms with E-state index in [2.05, 4.69) is 41.4 Å². The van der Waals surface area contributed by atoms with E-state index in [1.54, 1.807) is 7.11 Å². The molecule has 3 rings (SSSR count). The van der Waals surface area contributed by atoms with E-state index in [1.165, 1.54) is 11.3 Å². The van der Waals surface area contributed by atoms with Gasteiger partial charge in [-0.2, -0.15) is 0 Å². The number of carbonyl (C=O) groups excluding carboxylic acids is 1. The Hall–Kier alpha value is -2.33. The third-order valence-electron chi connectivity index (χ3n) is 4.54. The summed E-state index contributed by atoms with van der Waals surface area (Å²) < 4.78 is 5.09. The fourth-order valence-corrected chi connectivity index (χ4v) is 3.19. The van der Waals surface area contributed by atoms with Gasteiger partial charge in [-0.3, -0.25) is 4.79 Å². The molecule has 126 valence electrons. The molecule has 1 aliphatic heterocycles. The Labute approximate surface area is 143 Å². The average Bonchev–Trinajstić information content (AvgIpc) is 3.04. The number of ether oxygens (including phenoxy) is 1. The molecule has 1 heterocycles. The summed E-state index contributed by atoms with van der Waals surface area (Å²) in [7, 11) is 1.67. The molecular formula is C20H24N2O2. The van der Waals surface area contributed by atoms with E-state index < -0.39 is 0 Å². The number of amides is 1. The van der Waals surface area contributed by atoms with Crippen LogP contribution in [0.25, 0.3) is 0 Å². The number of fused-ring (bicyclic) bond motifs is 1. The quantitative estimate of drug-likeness (QED) is 0.888. The zero-order chi connectivity index (χ0) is 16.9. The van der Waals surface area contributed by atoms with Gasteiger partial charge in [-0.15, -0.1) is 0 Å². The maximum absolute atomic E-state index is 12.3. The molecule has 1 amide bonds. The zero-order valence-corrected chi connectivity index (χ0v) is 14.3. The van der Waals surface area contributed by atoms with E-state index in [0.717, 1.165) is 18.5 Å². The highest BCUT2D eigenvalue weighted by atomic mass is 16.5. The predicted molar refractivity (Wildman–Crippen MR) is 96.4 cm³/mol. The first-order valence-corrected chi connectivity index (χ1v) is 8.39. The molecule has 0 aromatic heterocycles. The van der Waals surface area contributed by atoms with E-state index in [1.807, 2.05) is 24.3 Å². The fourth-order valence-electron chi connectivity index (χ4n) is 3.19. The minimum Gasteiger partial charge on any atom is -0.380 e. The zero-order valence-electron chi connectivity index (χ0n) is 14.3. The Morgan fingerprint density at radius 3 is 2.71 bits per heavy atom. The van der Waals surface area contributed by atoms with Crippen LogP contribution < -0.4 is 10.2 Å². The molecule has 0 saturated heterocycles. The van der Waals surface area contributed by atoms with Crippen LogP contribution in [0, 0.1) is 0 Å². The van der Waals surface area contributed by atoms with Crippen molar-refractivity contribution < 1.29 is 9.53 Å². The monoisotopic (exact) mass is 324 g/mol. The van der Waals surface area contributed by atoms with Crippen molar-refractivity contribution in [1.29, 1.82) is 0 Å². The Kier molecular flexibility index (Phi) is 5.16. The summed E-state index contributed by atoms with van der Waals surface area (Å²) >= 11 is 0. The number of nitrogens with one attached hydrogen (secondary N) is 1. The summed E-state index contributed by atoms with van der Waals surface area (Å²) in [5.74, 6) is -0.0294. The summed E-state index contributed by atoms with van der Waals surface area (Å²) in [4.78, 5) is 14.7. The van der Waals surface area contributed by atoms with Crippen LogP contribution in [0.2, 0.25) is 0 Å². The summed E-state index contributed by atoms with van der Waals surface area (Å²) in [5.41, 5.74) is 4.44. The number of rotatable bonds is 6. The molecule has 0 saturated carbocycles. The number of nitrogens with zero attached hydrogens (tertiary/aromatic N) is 1. The number of hydrogen-bond acceptors (Lipinski definition) is 3. The molecule has 24 heavy (non-hydrogen) atoms. The first kappa shape index (κ1) is 16.5. The molecular weight excluding hydrogens is 300 g/mol. The SMILES string of the molecule is COCc1ccc(C(=O)NC[C@@H](C)N2CCc3ccccc32)cc1. The third-order valence-corrected chi connectivity index (χ3v) is 4.54. The molecule has 0 bridgehead atoms. The standard InChI is InChI=1S/C20H24N2O2/c1-15(22-12-11-17-5-3-4-6-19(17)22)13-21-20(23)18-9-7-16(8-10-18)14-24-2/h3-10,15H,11-14H2,1-2H3,(H,21,23)/t15-/m1/s1. The Morgan fingerprint density at radius 1 is 1.21 bits per heavy atom. The summed E-state index contributed by atoms with van der Waals surface area (Å²) in [6, 6.07) is 16.3. The van der Waals surface area contributed by atoms with Gasteiger partial charge in [0, 0.05) is 37.5 Å². The van der Waals surface area contributed by atoms with Crippen LogP contribution in [0.4, 0.5) is 5.69 Å². The Morgan fingerprint density at radius 2 is 1.96 bits per heavy atom.